The Labute approximate surface area is 109 Å². The lowest BCUT2D eigenvalue weighted by Gasteiger charge is -2.33. The molecule has 1 heteroatoms. The summed E-state index contributed by atoms with van der Waals surface area (Å²) in [5.74, 6) is 0.487. The predicted molar refractivity (Wildman–Crippen MR) is 76.9 cm³/mol. The molecule has 1 atom stereocenters. The molecular weight excluding hydrogens is 218 g/mol. The van der Waals surface area contributed by atoms with E-state index in [2.05, 4.69) is 54.3 Å². The maximum atomic E-state index is 4.25. The van der Waals surface area contributed by atoms with Crippen LogP contribution in [0.15, 0.2) is 42.5 Å². The van der Waals surface area contributed by atoms with Gasteiger partial charge in [-0.2, -0.15) is 0 Å². The van der Waals surface area contributed by atoms with E-state index in [0.717, 1.165) is 6.42 Å². The Hall–Kier alpha value is -1.76. The predicted octanol–water partition coefficient (Wildman–Crippen LogP) is 4.34. The van der Waals surface area contributed by atoms with Gasteiger partial charge in [0, 0.05) is 5.92 Å². The van der Waals surface area contributed by atoms with E-state index in [9.17, 15) is 0 Å². The zero-order chi connectivity index (χ0) is 12.5. The van der Waals surface area contributed by atoms with Crippen LogP contribution in [-0.4, -0.2) is 11.3 Å². The van der Waals surface area contributed by atoms with Gasteiger partial charge in [0.2, 0.25) is 0 Å². The molecule has 0 amide bonds. The van der Waals surface area contributed by atoms with Crippen LogP contribution in [0.25, 0.3) is 6.08 Å². The molecule has 2 aliphatic rings. The van der Waals surface area contributed by atoms with Crippen LogP contribution in [0.4, 0.5) is 5.69 Å². The highest BCUT2D eigenvalue weighted by molar-refractivity contribution is 5.65. The van der Waals surface area contributed by atoms with Gasteiger partial charge in [0.05, 0.1) is 6.72 Å². The van der Waals surface area contributed by atoms with Gasteiger partial charge in [0.15, 0.2) is 0 Å². The number of nitrogens with zero attached hydrogens (tertiary/aromatic N) is 1. The van der Waals surface area contributed by atoms with Crippen LogP contribution >= 0.6 is 0 Å². The van der Waals surface area contributed by atoms with Crippen molar-refractivity contribution in [1.82, 2.24) is 0 Å². The van der Waals surface area contributed by atoms with E-state index >= 15 is 0 Å². The fourth-order valence-corrected chi connectivity index (χ4v) is 3.02. The lowest BCUT2D eigenvalue weighted by atomic mass is 9.79. The lowest BCUT2D eigenvalue weighted by Crippen LogP contribution is -2.25. The summed E-state index contributed by atoms with van der Waals surface area (Å²) in [5, 5.41) is 0. The Bertz CT molecular complexity index is 524. The Balaban J connectivity index is 1.93. The van der Waals surface area contributed by atoms with Crippen LogP contribution in [0.3, 0.4) is 0 Å². The van der Waals surface area contributed by atoms with Crippen molar-refractivity contribution in [2.75, 3.05) is 0 Å². The second-order valence-corrected chi connectivity index (χ2v) is 5.20. The third-order valence-electron chi connectivity index (χ3n) is 4.06. The smallest absolute Gasteiger partial charge is 0.130 e. The highest BCUT2D eigenvalue weighted by atomic mass is 15.0. The summed E-state index contributed by atoms with van der Waals surface area (Å²) in [5.41, 5.74) is 3.82. The van der Waals surface area contributed by atoms with Crippen LogP contribution in [-0.2, 0) is 0 Å². The summed E-state index contributed by atoms with van der Waals surface area (Å²) in [4.78, 5) is 0. The molecular formula is C17H19N. The molecule has 0 radical (unpaired) electrons. The first-order valence-corrected chi connectivity index (χ1v) is 6.69. The topological polar surface area (TPSA) is 3.01 Å². The highest BCUT2D eigenvalue weighted by Gasteiger charge is 2.30. The van der Waals surface area contributed by atoms with Crippen LogP contribution < -0.4 is 0 Å². The fraction of sp³-hybridized carbons (Fsp3) is 0.294. The maximum Gasteiger partial charge on any atom is 0.130 e. The van der Waals surface area contributed by atoms with E-state index in [4.69, 9.17) is 0 Å². The third kappa shape index (κ3) is 1.80. The average Bonchev–Trinajstić information content (AvgIpc) is 2.41. The molecule has 1 fully saturated rings. The second kappa shape index (κ2) is 4.49. The monoisotopic (exact) mass is 237 g/mol. The summed E-state index contributed by atoms with van der Waals surface area (Å²) in [6.07, 6.45) is 9.39. The SMILES string of the molecule is C=C1CCCCC1[C-]1C=Cc2ccccc2[N+]1=C. The molecule has 1 saturated carbocycles. The van der Waals surface area contributed by atoms with E-state index < -0.39 is 0 Å². The van der Waals surface area contributed by atoms with Crippen LogP contribution in [0, 0.1) is 12.0 Å². The normalized spacial score (nSPS) is 23.1. The van der Waals surface area contributed by atoms with E-state index in [1.807, 2.05) is 0 Å². The lowest BCUT2D eigenvalue weighted by molar-refractivity contribution is -0.417. The first kappa shape index (κ1) is 11.3. The fourth-order valence-electron chi connectivity index (χ4n) is 3.02. The molecule has 1 heterocycles. The van der Waals surface area contributed by atoms with Crippen LogP contribution in [0.5, 0.6) is 0 Å². The van der Waals surface area contributed by atoms with Crippen molar-refractivity contribution in [1.29, 1.82) is 0 Å². The molecule has 3 rings (SSSR count). The summed E-state index contributed by atoms with van der Waals surface area (Å²) in [6.45, 7) is 8.49. The number of benzene rings is 1. The van der Waals surface area contributed by atoms with Crippen molar-refractivity contribution in [2.24, 2.45) is 5.92 Å². The molecule has 18 heavy (non-hydrogen) atoms. The minimum absolute atomic E-state index is 0.487. The molecule has 1 aromatic carbocycles. The van der Waals surface area contributed by atoms with Gasteiger partial charge < -0.3 is 0 Å². The number of para-hydroxylation sites is 1. The van der Waals surface area contributed by atoms with Crippen molar-refractivity contribution in [3.63, 3.8) is 0 Å². The number of rotatable bonds is 1. The third-order valence-corrected chi connectivity index (χ3v) is 4.06. The highest BCUT2D eigenvalue weighted by Crippen LogP contribution is 2.41. The molecule has 92 valence electrons. The zero-order valence-electron chi connectivity index (χ0n) is 10.7. The quantitative estimate of drug-likeness (QED) is 0.388. The van der Waals surface area contributed by atoms with E-state index in [1.54, 1.807) is 0 Å². The second-order valence-electron chi connectivity index (χ2n) is 5.20. The summed E-state index contributed by atoms with van der Waals surface area (Å²) < 4.78 is 2.09. The molecule has 0 spiro atoms. The standard InChI is InChI=1S/C17H19N/c1-13-7-3-5-9-15(13)17-12-11-14-8-4-6-10-16(14)18(17)2/h4,6,8,10-12,15H,1-3,5,7,9H2. The Kier molecular flexibility index (Phi) is 2.83. The molecule has 0 bridgehead atoms. The average molecular weight is 237 g/mol. The summed E-state index contributed by atoms with van der Waals surface area (Å²) in [7, 11) is 0. The number of hydrogen-bond donors (Lipinski definition) is 0. The van der Waals surface area contributed by atoms with Gasteiger partial charge in [-0.3, -0.25) is 4.58 Å². The Morgan fingerprint density at radius 1 is 1.22 bits per heavy atom. The van der Waals surface area contributed by atoms with Gasteiger partial charge >= 0.3 is 0 Å². The zero-order valence-corrected chi connectivity index (χ0v) is 10.7. The van der Waals surface area contributed by atoms with Gasteiger partial charge in [0.25, 0.3) is 0 Å². The summed E-state index contributed by atoms with van der Waals surface area (Å²) >= 11 is 0. The molecule has 1 unspecified atom stereocenters. The van der Waals surface area contributed by atoms with Crippen molar-refractivity contribution in [2.45, 2.75) is 25.7 Å². The molecule has 0 saturated heterocycles. The summed E-state index contributed by atoms with van der Waals surface area (Å²) in [6, 6.07) is 9.72. The minimum atomic E-state index is 0.487. The first-order valence-electron chi connectivity index (χ1n) is 6.69. The molecule has 1 aliphatic carbocycles. The van der Waals surface area contributed by atoms with Gasteiger partial charge in [-0.05, 0) is 30.9 Å². The minimum Gasteiger partial charge on any atom is -0.291 e. The van der Waals surface area contributed by atoms with Crippen molar-refractivity contribution in [3.8, 4) is 0 Å². The van der Waals surface area contributed by atoms with Gasteiger partial charge in [-0.1, -0.05) is 42.8 Å². The molecule has 1 aliphatic heterocycles. The van der Waals surface area contributed by atoms with Crippen LogP contribution in [0.2, 0.25) is 0 Å². The van der Waals surface area contributed by atoms with E-state index in [-0.39, 0.29) is 0 Å². The first-order chi connectivity index (χ1) is 8.77. The number of hydrogen-bond acceptors (Lipinski definition) is 0. The molecule has 0 N–H and O–H groups in total. The van der Waals surface area contributed by atoms with Gasteiger partial charge in [-0.15, -0.1) is 6.08 Å². The molecule has 1 nitrogen and oxygen atoms in total. The largest absolute Gasteiger partial charge is 0.291 e. The molecule has 1 aromatic rings. The van der Waals surface area contributed by atoms with Crippen molar-refractivity contribution < 1.29 is 4.58 Å². The van der Waals surface area contributed by atoms with Crippen molar-refractivity contribution >= 4 is 18.5 Å². The van der Waals surface area contributed by atoms with E-state index in [1.165, 1.54) is 42.1 Å². The molecule has 0 aromatic heterocycles. The van der Waals surface area contributed by atoms with Gasteiger partial charge in [-0.25, -0.2) is 0 Å². The maximum absolute atomic E-state index is 4.25. The van der Waals surface area contributed by atoms with Crippen molar-refractivity contribution in [3.05, 3.63) is 54.1 Å². The van der Waals surface area contributed by atoms with E-state index in [0.29, 0.717) is 5.92 Å². The number of fused-ring (bicyclic) bond motifs is 1. The Morgan fingerprint density at radius 3 is 2.89 bits per heavy atom. The Morgan fingerprint density at radius 2 is 2.06 bits per heavy atom. The van der Waals surface area contributed by atoms with Gasteiger partial charge in [0.1, 0.15) is 11.7 Å². The van der Waals surface area contributed by atoms with Crippen LogP contribution in [0.1, 0.15) is 31.2 Å².